The van der Waals surface area contributed by atoms with Gasteiger partial charge in [0, 0.05) is 24.6 Å². The number of carbonyl (C=O) groups excluding carboxylic acids is 1. The maximum atomic E-state index is 12.2. The van der Waals surface area contributed by atoms with Crippen LogP contribution in [0.25, 0.3) is 11.1 Å². The second kappa shape index (κ2) is 9.81. The van der Waals surface area contributed by atoms with E-state index in [2.05, 4.69) is 17.4 Å². The molecule has 1 aliphatic rings. The van der Waals surface area contributed by atoms with E-state index >= 15 is 0 Å². The van der Waals surface area contributed by atoms with Crippen molar-refractivity contribution >= 4 is 11.8 Å². The second-order valence-electron chi connectivity index (χ2n) is 7.90. The molecule has 0 aliphatic heterocycles. The van der Waals surface area contributed by atoms with Gasteiger partial charge in [0.25, 0.3) is 5.69 Å². The molecular weight excluding hydrogens is 424 g/mol. The Labute approximate surface area is 190 Å². The van der Waals surface area contributed by atoms with Gasteiger partial charge in [-0.15, -0.1) is 0 Å². The molecular formula is C25H24N2O6. The molecule has 33 heavy (non-hydrogen) atoms. The van der Waals surface area contributed by atoms with E-state index in [-0.39, 0.29) is 31.2 Å². The Bertz CT molecular complexity index is 1100. The van der Waals surface area contributed by atoms with Crippen LogP contribution in [0.4, 0.5) is 10.5 Å². The van der Waals surface area contributed by atoms with Crippen molar-refractivity contribution in [2.75, 3.05) is 13.2 Å². The van der Waals surface area contributed by atoms with Crippen molar-refractivity contribution in [3.63, 3.8) is 0 Å². The number of nitro groups is 1. The van der Waals surface area contributed by atoms with Crippen LogP contribution in [-0.2, 0) is 4.74 Å². The molecule has 0 aromatic heterocycles. The highest BCUT2D eigenvalue weighted by atomic mass is 16.6. The number of hydrogen-bond donors (Lipinski definition) is 3. The Kier molecular flexibility index (Phi) is 6.67. The molecule has 3 aromatic carbocycles. The second-order valence-corrected chi connectivity index (χ2v) is 7.90. The lowest BCUT2D eigenvalue weighted by atomic mass is 9.98. The van der Waals surface area contributed by atoms with Gasteiger partial charge in [-0.2, -0.15) is 0 Å². The molecule has 0 radical (unpaired) electrons. The minimum Gasteiger partial charge on any atom is -0.449 e. The number of benzene rings is 3. The molecule has 2 atom stereocenters. The number of fused-ring (bicyclic) bond motifs is 3. The molecule has 0 saturated carbocycles. The van der Waals surface area contributed by atoms with E-state index in [1.807, 2.05) is 36.4 Å². The number of aliphatic hydroxyl groups is 2. The largest absolute Gasteiger partial charge is 0.449 e. The average molecular weight is 448 g/mol. The van der Waals surface area contributed by atoms with Gasteiger partial charge in [-0.25, -0.2) is 4.79 Å². The molecule has 3 N–H and O–H groups in total. The number of non-ortho nitro benzene ring substituents is 1. The average Bonchev–Trinajstić information content (AvgIpc) is 3.16. The molecule has 170 valence electrons. The van der Waals surface area contributed by atoms with Crippen molar-refractivity contribution in [1.29, 1.82) is 0 Å². The van der Waals surface area contributed by atoms with Crippen LogP contribution in [0.3, 0.4) is 0 Å². The molecule has 2 unspecified atom stereocenters. The first-order chi connectivity index (χ1) is 16.0. The molecule has 1 amide bonds. The van der Waals surface area contributed by atoms with E-state index in [0.29, 0.717) is 5.56 Å². The summed E-state index contributed by atoms with van der Waals surface area (Å²) in [7, 11) is 0. The van der Waals surface area contributed by atoms with E-state index in [9.17, 15) is 25.1 Å². The first kappa shape index (κ1) is 22.4. The predicted molar refractivity (Wildman–Crippen MR) is 122 cm³/mol. The van der Waals surface area contributed by atoms with Crippen molar-refractivity contribution in [2.24, 2.45) is 0 Å². The SMILES string of the molecule is O=C(NCCC(O)C(O)c1ccc([N+](=O)[O-])cc1)OCC1c2ccccc2-c2ccccc21. The van der Waals surface area contributed by atoms with Crippen molar-refractivity contribution < 1.29 is 24.7 Å². The third-order valence-electron chi connectivity index (χ3n) is 5.86. The highest BCUT2D eigenvalue weighted by molar-refractivity contribution is 5.79. The number of amides is 1. The summed E-state index contributed by atoms with van der Waals surface area (Å²) in [6.07, 6.45) is -2.90. The molecule has 0 spiro atoms. The fraction of sp³-hybridized carbons (Fsp3) is 0.240. The first-order valence-electron chi connectivity index (χ1n) is 10.6. The van der Waals surface area contributed by atoms with Crippen LogP contribution in [-0.4, -0.2) is 40.5 Å². The molecule has 0 bridgehead atoms. The number of aliphatic hydroxyl groups excluding tert-OH is 2. The molecule has 0 heterocycles. The quantitative estimate of drug-likeness (QED) is 0.355. The molecule has 0 saturated heterocycles. The van der Waals surface area contributed by atoms with Gasteiger partial charge in [-0.3, -0.25) is 10.1 Å². The first-order valence-corrected chi connectivity index (χ1v) is 10.6. The van der Waals surface area contributed by atoms with Crippen LogP contribution in [0, 0.1) is 10.1 Å². The highest BCUT2D eigenvalue weighted by Crippen LogP contribution is 2.44. The lowest BCUT2D eigenvalue weighted by molar-refractivity contribution is -0.384. The third kappa shape index (κ3) is 4.87. The van der Waals surface area contributed by atoms with Gasteiger partial charge in [0.15, 0.2) is 0 Å². The number of carbonyl (C=O) groups is 1. The molecule has 0 fully saturated rings. The normalized spacial score (nSPS) is 14.1. The van der Waals surface area contributed by atoms with Gasteiger partial charge in [0.05, 0.1) is 11.0 Å². The maximum Gasteiger partial charge on any atom is 0.407 e. The van der Waals surface area contributed by atoms with E-state index in [1.165, 1.54) is 24.3 Å². The van der Waals surface area contributed by atoms with Crippen LogP contribution in [0.2, 0.25) is 0 Å². The number of nitrogens with zero attached hydrogens (tertiary/aromatic N) is 1. The Morgan fingerprint density at radius 2 is 1.55 bits per heavy atom. The number of hydrogen-bond acceptors (Lipinski definition) is 6. The van der Waals surface area contributed by atoms with Crippen molar-refractivity contribution in [3.05, 3.63) is 99.6 Å². The monoisotopic (exact) mass is 448 g/mol. The van der Waals surface area contributed by atoms with Gasteiger partial charge in [-0.1, -0.05) is 48.5 Å². The van der Waals surface area contributed by atoms with Crippen LogP contribution in [0.1, 0.15) is 35.1 Å². The Morgan fingerprint density at radius 3 is 2.12 bits per heavy atom. The van der Waals surface area contributed by atoms with Crippen LogP contribution < -0.4 is 5.32 Å². The molecule has 4 rings (SSSR count). The highest BCUT2D eigenvalue weighted by Gasteiger charge is 2.29. The zero-order valence-corrected chi connectivity index (χ0v) is 17.8. The van der Waals surface area contributed by atoms with Crippen molar-refractivity contribution in [1.82, 2.24) is 5.32 Å². The fourth-order valence-electron chi connectivity index (χ4n) is 4.14. The van der Waals surface area contributed by atoms with E-state index in [4.69, 9.17) is 4.74 Å². The minimum absolute atomic E-state index is 0.0438. The minimum atomic E-state index is -1.23. The zero-order valence-electron chi connectivity index (χ0n) is 17.8. The topological polar surface area (TPSA) is 122 Å². The summed E-state index contributed by atoms with van der Waals surface area (Å²) in [5, 5.41) is 33.8. The van der Waals surface area contributed by atoms with Gasteiger partial charge in [0.1, 0.15) is 12.7 Å². The Balaban J connectivity index is 1.27. The predicted octanol–water partition coefficient (Wildman–Crippen LogP) is 3.92. The number of nitro benzene ring substituents is 1. The van der Waals surface area contributed by atoms with Crippen LogP contribution >= 0.6 is 0 Å². The summed E-state index contributed by atoms with van der Waals surface area (Å²) in [5.74, 6) is -0.0438. The van der Waals surface area contributed by atoms with E-state index < -0.39 is 23.2 Å². The van der Waals surface area contributed by atoms with Gasteiger partial charge in [-0.05, 0) is 46.4 Å². The summed E-state index contributed by atoms with van der Waals surface area (Å²) < 4.78 is 5.44. The summed E-state index contributed by atoms with van der Waals surface area (Å²) in [6, 6.07) is 21.4. The Morgan fingerprint density at radius 1 is 0.970 bits per heavy atom. The fourth-order valence-corrected chi connectivity index (χ4v) is 4.14. The number of ether oxygens (including phenoxy) is 1. The smallest absolute Gasteiger partial charge is 0.407 e. The maximum absolute atomic E-state index is 12.2. The van der Waals surface area contributed by atoms with Crippen LogP contribution in [0.5, 0.6) is 0 Å². The standard InChI is InChI=1S/C25H24N2O6/c28-23(24(29)16-9-11-17(12-10-16)27(31)32)13-14-26-25(30)33-15-22-20-7-3-1-5-18(20)19-6-2-4-8-21(19)22/h1-12,22-24,28-29H,13-15H2,(H,26,30). The molecule has 8 nitrogen and oxygen atoms in total. The summed E-state index contributed by atoms with van der Waals surface area (Å²) in [6.45, 7) is 0.287. The van der Waals surface area contributed by atoms with E-state index in [0.717, 1.165) is 22.3 Å². The molecule has 1 aliphatic carbocycles. The lowest BCUT2D eigenvalue weighted by Crippen LogP contribution is -2.30. The lowest BCUT2D eigenvalue weighted by Gasteiger charge is -2.18. The van der Waals surface area contributed by atoms with E-state index in [1.54, 1.807) is 0 Å². The van der Waals surface area contributed by atoms with Crippen molar-refractivity contribution in [3.8, 4) is 11.1 Å². The summed E-state index contributed by atoms with van der Waals surface area (Å²) in [4.78, 5) is 22.4. The number of alkyl carbamates (subject to hydrolysis) is 1. The summed E-state index contributed by atoms with van der Waals surface area (Å²) >= 11 is 0. The van der Waals surface area contributed by atoms with Gasteiger partial charge >= 0.3 is 6.09 Å². The third-order valence-corrected chi connectivity index (χ3v) is 5.86. The van der Waals surface area contributed by atoms with Gasteiger partial charge in [0.2, 0.25) is 0 Å². The Hall–Kier alpha value is -3.75. The zero-order chi connectivity index (χ0) is 23.4. The molecule has 8 heteroatoms. The summed E-state index contributed by atoms with van der Waals surface area (Å²) in [5.41, 5.74) is 4.78. The van der Waals surface area contributed by atoms with Gasteiger partial charge < -0.3 is 20.3 Å². The van der Waals surface area contributed by atoms with Crippen molar-refractivity contribution in [2.45, 2.75) is 24.5 Å². The number of nitrogens with one attached hydrogen (secondary N) is 1. The van der Waals surface area contributed by atoms with Crippen LogP contribution in [0.15, 0.2) is 72.8 Å². The molecule has 3 aromatic rings. The number of rotatable bonds is 8.